The molecule has 1 heterocycles. The molecule has 1 unspecified atom stereocenters. The maximum Gasteiger partial charge on any atom is 0.130 e. The van der Waals surface area contributed by atoms with Crippen LogP contribution in [0, 0.1) is 5.92 Å². The van der Waals surface area contributed by atoms with Gasteiger partial charge in [0.15, 0.2) is 0 Å². The van der Waals surface area contributed by atoms with Gasteiger partial charge in [0.1, 0.15) is 6.67 Å². The van der Waals surface area contributed by atoms with Crippen molar-refractivity contribution in [1.82, 2.24) is 0 Å². The fourth-order valence-electron chi connectivity index (χ4n) is 1.66. The highest BCUT2D eigenvalue weighted by Gasteiger charge is 2.10. The maximum atomic E-state index is 4.33. The fourth-order valence-corrected chi connectivity index (χ4v) is 1.66. The Labute approximate surface area is 84.4 Å². The van der Waals surface area contributed by atoms with Crippen molar-refractivity contribution in [3.63, 3.8) is 0 Å². The number of benzene rings is 1. The number of rotatable bonds is 2. The Balaban J connectivity index is 2.44. The Morgan fingerprint density at radius 1 is 1.07 bits per heavy atom. The van der Waals surface area contributed by atoms with Gasteiger partial charge in [0.05, 0.1) is 10.7 Å². The summed E-state index contributed by atoms with van der Waals surface area (Å²) >= 11 is 0. The summed E-state index contributed by atoms with van der Waals surface area (Å²) in [5.74, 6) is 1.27. The molecule has 1 aromatic rings. The van der Waals surface area contributed by atoms with Gasteiger partial charge in [0, 0.05) is 0 Å². The van der Waals surface area contributed by atoms with Crippen LogP contribution in [0.25, 0.3) is 0 Å². The van der Waals surface area contributed by atoms with Gasteiger partial charge >= 0.3 is 0 Å². The van der Waals surface area contributed by atoms with E-state index in [4.69, 9.17) is 0 Å². The van der Waals surface area contributed by atoms with Crippen molar-refractivity contribution in [2.75, 3.05) is 6.67 Å². The Morgan fingerprint density at radius 3 is 2.50 bits per heavy atom. The third-order valence-corrected chi connectivity index (χ3v) is 3.01. The second-order valence-electron chi connectivity index (χ2n) is 4.24. The third-order valence-electron chi connectivity index (χ3n) is 3.01. The Kier molecular flexibility index (Phi) is 2.36. The Morgan fingerprint density at radius 2 is 1.79 bits per heavy atom. The highest BCUT2D eigenvalue weighted by molar-refractivity contribution is 5.19. The van der Waals surface area contributed by atoms with Crippen LogP contribution >= 0.6 is 0 Å². The molecular formula is C12H16N2. The quantitative estimate of drug-likeness (QED) is 0.674. The molecule has 0 radical (unpaired) electrons. The van der Waals surface area contributed by atoms with Crippen molar-refractivity contribution in [2.45, 2.75) is 26.7 Å². The predicted octanol–water partition coefficient (Wildman–Crippen LogP) is 1.66. The molecule has 0 bridgehead atoms. The van der Waals surface area contributed by atoms with Gasteiger partial charge in [-0.2, -0.15) is 0 Å². The molecule has 0 aromatic heterocycles. The molecule has 1 aliphatic heterocycles. The van der Waals surface area contributed by atoms with Crippen LogP contribution in [0.4, 0.5) is 0 Å². The molecule has 2 nitrogen and oxygen atoms in total. The van der Waals surface area contributed by atoms with Gasteiger partial charge in [-0.3, -0.25) is 9.98 Å². The summed E-state index contributed by atoms with van der Waals surface area (Å²) in [6, 6.07) is 6.43. The first-order chi connectivity index (χ1) is 6.68. The first kappa shape index (κ1) is 9.38. The molecule has 14 heavy (non-hydrogen) atoms. The molecule has 0 fully saturated rings. The van der Waals surface area contributed by atoms with Crippen LogP contribution in [0.1, 0.15) is 32.3 Å². The molecule has 74 valence electrons. The van der Waals surface area contributed by atoms with E-state index in [2.05, 4.69) is 49.0 Å². The molecule has 0 amide bonds. The van der Waals surface area contributed by atoms with Crippen LogP contribution in [0.3, 0.4) is 0 Å². The maximum absolute atomic E-state index is 4.33. The lowest BCUT2D eigenvalue weighted by molar-refractivity contribution is 0.534. The summed E-state index contributed by atoms with van der Waals surface area (Å²) in [5.41, 5.74) is 1.37. The molecule has 1 atom stereocenters. The molecule has 0 saturated carbocycles. The molecule has 0 aliphatic carbocycles. The zero-order chi connectivity index (χ0) is 10.1. The van der Waals surface area contributed by atoms with Crippen LogP contribution in [0.2, 0.25) is 0 Å². The van der Waals surface area contributed by atoms with Gasteiger partial charge < -0.3 is 0 Å². The van der Waals surface area contributed by atoms with Crippen LogP contribution in [0.5, 0.6) is 0 Å². The number of hydrogen-bond acceptors (Lipinski definition) is 2. The van der Waals surface area contributed by atoms with E-state index in [1.54, 1.807) is 0 Å². The lowest BCUT2D eigenvalue weighted by Gasteiger charge is -2.15. The largest absolute Gasteiger partial charge is 0.260 e. The van der Waals surface area contributed by atoms with Gasteiger partial charge in [0.25, 0.3) is 0 Å². The van der Waals surface area contributed by atoms with Crippen molar-refractivity contribution in [3.8, 4) is 0 Å². The molecular weight excluding hydrogens is 172 g/mol. The number of hydrogen-bond donors (Lipinski definition) is 0. The summed E-state index contributed by atoms with van der Waals surface area (Å²) in [4.78, 5) is 8.61. The van der Waals surface area contributed by atoms with E-state index in [9.17, 15) is 0 Å². The first-order valence-electron chi connectivity index (χ1n) is 5.17. The predicted molar refractivity (Wildman–Crippen MR) is 56.9 cm³/mol. The van der Waals surface area contributed by atoms with Crippen LogP contribution in [-0.2, 0) is 0 Å². The second kappa shape index (κ2) is 3.52. The van der Waals surface area contributed by atoms with Crippen molar-refractivity contribution in [1.29, 1.82) is 0 Å². The number of fused-ring (bicyclic) bond motifs is 1. The van der Waals surface area contributed by atoms with Crippen molar-refractivity contribution in [2.24, 2.45) is 15.9 Å². The SMILES string of the molecule is CC(C)C(C)c1ccc2c(c1)=NCN=2. The monoisotopic (exact) mass is 188 g/mol. The molecule has 0 N–H and O–H groups in total. The van der Waals surface area contributed by atoms with Gasteiger partial charge in [-0.25, -0.2) is 0 Å². The minimum atomic E-state index is 0.594. The second-order valence-corrected chi connectivity index (χ2v) is 4.24. The lowest BCUT2D eigenvalue weighted by Crippen LogP contribution is -2.22. The summed E-state index contributed by atoms with van der Waals surface area (Å²) in [6.45, 7) is 7.37. The molecule has 1 aromatic carbocycles. The zero-order valence-electron chi connectivity index (χ0n) is 8.99. The summed E-state index contributed by atoms with van der Waals surface area (Å²) in [5, 5.41) is 2.11. The average Bonchev–Trinajstić information content (AvgIpc) is 2.62. The Bertz CT molecular complexity index is 446. The summed E-state index contributed by atoms with van der Waals surface area (Å²) < 4.78 is 0. The Hall–Kier alpha value is -1.18. The lowest BCUT2D eigenvalue weighted by atomic mass is 9.90. The van der Waals surface area contributed by atoms with E-state index in [1.165, 1.54) is 5.56 Å². The smallest absolute Gasteiger partial charge is 0.130 e. The van der Waals surface area contributed by atoms with E-state index in [0.29, 0.717) is 18.5 Å². The van der Waals surface area contributed by atoms with E-state index >= 15 is 0 Å². The highest BCUT2D eigenvalue weighted by atomic mass is 15.0. The molecule has 2 heteroatoms. The molecule has 2 rings (SSSR count). The standard InChI is InChI=1S/C12H16N2/c1-8(2)9(3)10-4-5-11-12(6-10)14-7-13-11/h4-6,8-9H,7H2,1-3H3. The van der Waals surface area contributed by atoms with Gasteiger partial charge in [-0.05, 0) is 29.5 Å². The summed E-state index contributed by atoms with van der Waals surface area (Å²) in [6.07, 6.45) is 0. The minimum Gasteiger partial charge on any atom is -0.260 e. The van der Waals surface area contributed by atoms with E-state index in [-0.39, 0.29) is 0 Å². The van der Waals surface area contributed by atoms with Gasteiger partial charge in [-0.15, -0.1) is 0 Å². The average molecular weight is 188 g/mol. The van der Waals surface area contributed by atoms with Crippen molar-refractivity contribution < 1.29 is 0 Å². The minimum absolute atomic E-state index is 0.594. The van der Waals surface area contributed by atoms with Gasteiger partial charge in [0.2, 0.25) is 0 Å². The number of nitrogens with zero attached hydrogens (tertiary/aromatic N) is 2. The van der Waals surface area contributed by atoms with Crippen molar-refractivity contribution >= 4 is 0 Å². The zero-order valence-corrected chi connectivity index (χ0v) is 8.99. The topological polar surface area (TPSA) is 24.7 Å². The molecule has 0 spiro atoms. The first-order valence-corrected chi connectivity index (χ1v) is 5.17. The third kappa shape index (κ3) is 1.57. The van der Waals surface area contributed by atoms with Crippen LogP contribution < -0.4 is 10.7 Å². The van der Waals surface area contributed by atoms with Crippen LogP contribution in [0.15, 0.2) is 28.2 Å². The highest BCUT2D eigenvalue weighted by Crippen LogP contribution is 2.21. The van der Waals surface area contributed by atoms with E-state index < -0.39 is 0 Å². The molecule has 1 aliphatic rings. The van der Waals surface area contributed by atoms with Crippen LogP contribution in [-0.4, -0.2) is 6.67 Å². The summed E-state index contributed by atoms with van der Waals surface area (Å²) in [7, 11) is 0. The fraction of sp³-hybridized carbons (Fsp3) is 0.500. The van der Waals surface area contributed by atoms with E-state index in [0.717, 1.165) is 10.7 Å². The van der Waals surface area contributed by atoms with Crippen molar-refractivity contribution in [3.05, 3.63) is 34.5 Å². The normalized spacial score (nSPS) is 16.0. The molecule has 0 saturated heterocycles. The van der Waals surface area contributed by atoms with Gasteiger partial charge in [-0.1, -0.05) is 26.8 Å². The van der Waals surface area contributed by atoms with E-state index in [1.807, 2.05) is 0 Å².